The highest BCUT2D eigenvalue weighted by Crippen LogP contribution is 1.49. The van der Waals surface area contributed by atoms with Crippen LogP contribution in [0.1, 0.15) is 6.92 Å². The minimum absolute atomic E-state index is 1.00. The van der Waals surface area contributed by atoms with Gasteiger partial charge in [0, 0.05) is 14.2 Å². The lowest BCUT2D eigenvalue weighted by atomic mass is 11.0. The average molecular weight is 120 g/mol. The summed E-state index contributed by atoms with van der Waals surface area (Å²) in [5, 5.41) is 15.2. The normalized spacial score (nSPS) is 4.14. The molecule has 0 bridgehead atoms. The van der Waals surface area contributed by atoms with Crippen LogP contribution in [0, 0.1) is 0 Å². The van der Waals surface area contributed by atoms with Crippen molar-refractivity contribution in [2.75, 3.05) is 14.2 Å². The summed E-state index contributed by atoms with van der Waals surface area (Å²) < 4.78 is 0. The third kappa shape index (κ3) is 625. The summed E-state index contributed by atoms with van der Waals surface area (Å²) in [6, 6.07) is 0. The average Bonchev–Trinajstić information content (AvgIpc) is 1.78. The van der Waals surface area contributed by atoms with Crippen molar-refractivity contribution in [2.45, 2.75) is 12.2 Å². The van der Waals surface area contributed by atoms with Crippen molar-refractivity contribution in [3.05, 3.63) is 0 Å². The molecule has 0 aromatic carbocycles. The number of rotatable bonds is 0. The molecule has 2 nitrogen and oxygen atoms in total. The highest BCUT2D eigenvalue weighted by atomic mass is 27.0. The summed E-state index contributed by atoms with van der Waals surface area (Å²) in [6.07, 6.45) is 0. The SMILES string of the molecule is CO.CO.C[CH2][Al]. The molecular formula is C4H13AlO2. The first kappa shape index (κ1) is 15.7. The van der Waals surface area contributed by atoms with Gasteiger partial charge in [0.2, 0.25) is 0 Å². The molecule has 0 saturated carbocycles. The van der Waals surface area contributed by atoms with Gasteiger partial charge in [0.15, 0.2) is 0 Å². The Balaban J connectivity index is -0.0000000360. The summed E-state index contributed by atoms with van der Waals surface area (Å²) in [5.41, 5.74) is 0. The van der Waals surface area contributed by atoms with Crippen LogP contribution in [0.5, 0.6) is 0 Å². The lowest BCUT2D eigenvalue weighted by Gasteiger charge is -1.47. The summed E-state index contributed by atoms with van der Waals surface area (Å²) in [7, 11) is 2.00. The van der Waals surface area contributed by atoms with E-state index in [-0.39, 0.29) is 0 Å². The van der Waals surface area contributed by atoms with Gasteiger partial charge in [0.1, 0.15) is 16.3 Å². The maximum absolute atomic E-state index is 7.00. The first-order chi connectivity index (χ1) is 3.41. The van der Waals surface area contributed by atoms with Crippen molar-refractivity contribution < 1.29 is 10.2 Å². The topological polar surface area (TPSA) is 40.5 Å². The number of hydrogen-bond acceptors (Lipinski definition) is 2. The van der Waals surface area contributed by atoms with Gasteiger partial charge in [-0.1, -0.05) is 6.92 Å². The van der Waals surface area contributed by atoms with E-state index >= 15 is 0 Å². The predicted octanol–water partition coefficient (Wildman–Crippen LogP) is -0.190. The molecule has 7 heavy (non-hydrogen) atoms. The molecule has 2 N–H and O–H groups in total. The fraction of sp³-hybridized carbons (Fsp3) is 1.00. The number of aliphatic hydroxyl groups excluding tert-OH is 2. The van der Waals surface area contributed by atoms with E-state index in [1.54, 1.807) is 0 Å². The number of hydrogen-bond donors (Lipinski definition) is 2. The fourth-order valence-electron chi connectivity index (χ4n) is 0. The van der Waals surface area contributed by atoms with E-state index < -0.39 is 0 Å². The highest BCUT2D eigenvalue weighted by Gasteiger charge is 1.37. The monoisotopic (exact) mass is 120 g/mol. The van der Waals surface area contributed by atoms with E-state index in [1.807, 2.05) is 0 Å². The van der Waals surface area contributed by atoms with Crippen LogP contribution in [0.4, 0.5) is 0 Å². The first-order valence-corrected chi connectivity index (χ1v) is 2.83. The summed E-state index contributed by atoms with van der Waals surface area (Å²) in [5.74, 6) is 0. The van der Waals surface area contributed by atoms with E-state index in [2.05, 4.69) is 23.2 Å². The zero-order chi connectivity index (χ0) is 6.71. The molecule has 0 aliphatic heterocycles. The second-order valence-electron chi connectivity index (χ2n) is 0.408. The highest BCUT2D eigenvalue weighted by molar-refractivity contribution is 6.08. The van der Waals surface area contributed by atoms with Gasteiger partial charge in [0.25, 0.3) is 0 Å². The molecule has 3 heteroatoms. The smallest absolute Gasteiger partial charge is 0.117 e. The molecule has 0 atom stereocenters. The largest absolute Gasteiger partial charge is 0.400 e. The fourth-order valence-corrected chi connectivity index (χ4v) is 0. The van der Waals surface area contributed by atoms with Gasteiger partial charge >= 0.3 is 0 Å². The van der Waals surface area contributed by atoms with Crippen molar-refractivity contribution in [3.8, 4) is 0 Å². The Bertz CT molecular complexity index is 9.65. The van der Waals surface area contributed by atoms with Crippen LogP contribution in [-0.4, -0.2) is 40.7 Å². The van der Waals surface area contributed by atoms with Crippen molar-refractivity contribution in [1.82, 2.24) is 0 Å². The van der Waals surface area contributed by atoms with E-state index in [0.29, 0.717) is 0 Å². The zero-order valence-corrected chi connectivity index (χ0v) is 6.33. The molecule has 2 radical (unpaired) electrons. The molecule has 0 amide bonds. The third-order valence-corrected chi connectivity index (χ3v) is 0. The van der Waals surface area contributed by atoms with Crippen molar-refractivity contribution in [1.29, 1.82) is 0 Å². The van der Waals surface area contributed by atoms with E-state index in [0.717, 1.165) is 14.2 Å². The Morgan fingerprint density at radius 1 is 1.14 bits per heavy atom. The van der Waals surface area contributed by atoms with Crippen LogP contribution < -0.4 is 0 Å². The molecule has 0 heterocycles. The Labute approximate surface area is 53.6 Å². The van der Waals surface area contributed by atoms with Crippen LogP contribution in [0.2, 0.25) is 5.28 Å². The van der Waals surface area contributed by atoms with Gasteiger partial charge in [-0.2, -0.15) is 0 Å². The van der Waals surface area contributed by atoms with Crippen LogP contribution in [0.15, 0.2) is 0 Å². The Kier molecular flexibility index (Phi) is 203. The Morgan fingerprint density at radius 3 is 1.14 bits per heavy atom. The van der Waals surface area contributed by atoms with Crippen molar-refractivity contribution >= 4 is 16.3 Å². The molecule has 0 fully saturated rings. The molecule has 0 spiro atoms. The molecule has 0 saturated heterocycles. The first-order valence-electron chi connectivity index (χ1n) is 2.01. The molecule has 44 valence electrons. The van der Waals surface area contributed by atoms with Gasteiger partial charge in [-0.15, -0.1) is 5.28 Å². The second-order valence-corrected chi connectivity index (χ2v) is 1.22. The molecule has 0 unspecified atom stereocenters. The maximum atomic E-state index is 7.00. The minimum atomic E-state index is 1.00. The Morgan fingerprint density at radius 2 is 1.14 bits per heavy atom. The van der Waals surface area contributed by atoms with Crippen molar-refractivity contribution in [3.63, 3.8) is 0 Å². The molecule has 0 rings (SSSR count). The van der Waals surface area contributed by atoms with Crippen molar-refractivity contribution in [2.24, 2.45) is 0 Å². The molecule has 0 aliphatic rings. The van der Waals surface area contributed by atoms with Gasteiger partial charge in [-0.3, -0.25) is 0 Å². The minimum Gasteiger partial charge on any atom is -0.400 e. The lowest BCUT2D eigenvalue weighted by Crippen LogP contribution is -1.41. The maximum Gasteiger partial charge on any atom is 0.117 e. The molecule has 0 aromatic heterocycles. The van der Waals surface area contributed by atoms with Crippen LogP contribution >= 0.6 is 0 Å². The standard InChI is InChI=1S/C2H5.2CH4O.Al/c3*1-2;/h1H2,2H3;2*2H,1H3;. The predicted molar refractivity (Wildman–Crippen MR) is 32.5 cm³/mol. The van der Waals surface area contributed by atoms with Crippen LogP contribution in [-0.2, 0) is 0 Å². The molecule has 0 aliphatic carbocycles. The van der Waals surface area contributed by atoms with E-state index in [9.17, 15) is 0 Å². The lowest BCUT2D eigenvalue weighted by molar-refractivity contribution is 0.399. The van der Waals surface area contributed by atoms with E-state index in [1.165, 1.54) is 5.28 Å². The number of aliphatic hydroxyl groups is 2. The second kappa shape index (κ2) is 90.9. The van der Waals surface area contributed by atoms with Gasteiger partial charge in [-0.05, 0) is 0 Å². The van der Waals surface area contributed by atoms with E-state index in [4.69, 9.17) is 10.2 Å². The summed E-state index contributed by atoms with van der Waals surface area (Å²) in [6.45, 7) is 2.09. The molecule has 0 aromatic rings. The van der Waals surface area contributed by atoms with Gasteiger partial charge in [0.05, 0.1) is 0 Å². The van der Waals surface area contributed by atoms with Crippen LogP contribution in [0.3, 0.4) is 0 Å². The van der Waals surface area contributed by atoms with Gasteiger partial charge < -0.3 is 10.2 Å². The summed E-state index contributed by atoms with van der Waals surface area (Å²) in [4.78, 5) is 0. The quantitative estimate of drug-likeness (QED) is 0.435. The third-order valence-electron chi connectivity index (χ3n) is 0. The summed E-state index contributed by atoms with van der Waals surface area (Å²) >= 11 is 2.58. The zero-order valence-electron chi connectivity index (χ0n) is 5.18. The Hall–Kier alpha value is 0.452. The van der Waals surface area contributed by atoms with Gasteiger partial charge in [-0.25, -0.2) is 0 Å². The molecular weight excluding hydrogens is 107 g/mol. The van der Waals surface area contributed by atoms with Crippen LogP contribution in [0.25, 0.3) is 0 Å².